The fraction of sp³-hybridized carbons (Fsp3) is 0.105. The Morgan fingerprint density at radius 3 is 2.77 bits per heavy atom. The summed E-state index contributed by atoms with van der Waals surface area (Å²) in [6.45, 7) is 1.88. The molecule has 0 spiro atoms. The fourth-order valence-corrected chi connectivity index (χ4v) is 4.91. The van der Waals surface area contributed by atoms with E-state index < -0.39 is 10.9 Å². The Morgan fingerprint density at radius 1 is 1.27 bits per heavy atom. The molecule has 1 aliphatic heterocycles. The Hall–Kier alpha value is -2.20. The number of carbonyl (C=O) groups excluding carboxylic acids is 1. The van der Waals surface area contributed by atoms with Gasteiger partial charge in [0.15, 0.2) is 5.82 Å². The van der Waals surface area contributed by atoms with Crippen molar-refractivity contribution < 1.29 is 4.79 Å². The molecule has 3 aromatic rings. The quantitative estimate of drug-likeness (QED) is 0.457. The van der Waals surface area contributed by atoms with E-state index in [9.17, 15) is 4.79 Å². The van der Waals surface area contributed by atoms with Crippen LogP contribution in [0.15, 0.2) is 51.3 Å². The van der Waals surface area contributed by atoms with Crippen molar-refractivity contribution >= 4 is 72.2 Å². The third kappa shape index (κ3) is 4.02. The number of nitrogens with one attached hydrogen (secondary N) is 1. The minimum atomic E-state index is -0.672. The zero-order chi connectivity index (χ0) is 21.4. The second kappa shape index (κ2) is 8.50. The molecule has 30 heavy (non-hydrogen) atoms. The number of halogens is 3. The van der Waals surface area contributed by atoms with E-state index in [-0.39, 0.29) is 11.6 Å². The van der Waals surface area contributed by atoms with Crippen LogP contribution in [0.2, 0.25) is 10.0 Å². The molecule has 1 atom stereocenters. The average molecular weight is 526 g/mol. The highest BCUT2D eigenvalue weighted by atomic mass is 79.9. The molecular formula is C19H15BrCl2N6OS. The van der Waals surface area contributed by atoms with Crippen LogP contribution in [-0.4, -0.2) is 37.5 Å². The second-order valence-corrected chi connectivity index (χ2v) is 9.97. The molecule has 1 N–H and O–H groups in total. The van der Waals surface area contributed by atoms with Gasteiger partial charge in [-0.15, -0.1) is 5.10 Å². The molecule has 11 heteroatoms. The Morgan fingerprint density at radius 2 is 2.07 bits per heavy atom. The maximum atomic E-state index is 13.3. The third-order valence-corrected chi connectivity index (χ3v) is 6.69. The number of amides is 1. The minimum Gasteiger partial charge on any atom is -0.320 e. The maximum Gasteiger partial charge on any atom is 0.274 e. The fourth-order valence-electron chi connectivity index (χ4n) is 3.00. The first-order valence-corrected chi connectivity index (χ1v) is 12.1. The number of thiol groups is 1. The van der Waals surface area contributed by atoms with Crippen LogP contribution < -0.4 is 5.32 Å². The molecule has 1 amide bonds. The van der Waals surface area contributed by atoms with E-state index >= 15 is 0 Å². The molecule has 154 valence electrons. The molecule has 7 nitrogen and oxygen atoms in total. The second-order valence-electron chi connectivity index (χ2n) is 6.44. The molecular weight excluding hydrogens is 511 g/mol. The van der Waals surface area contributed by atoms with Crippen LogP contribution in [0.4, 0.5) is 5.69 Å². The Labute approximate surface area is 193 Å². The number of pyridine rings is 1. The molecule has 0 fully saturated rings. The van der Waals surface area contributed by atoms with Crippen molar-refractivity contribution in [2.75, 3.05) is 11.6 Å². The predicted octanol–water partition coefficient (Wildman–Crippen LogP) is 5.23. The minimum absolute atomic E-state index is 0.270. The van der Waals surface area contributed by atoms with Crippen molar-refractivity contribution in [3.8, 4) is 5.82 Å². The summed E-state index contributed by atoms with van der Waals surface area (Å²) in [5.41, 5.74) is 4.26. The van der Waals surface area contributed by atoms with Gasteiger partial charge in [0, 0.05) is 22.8 Å². The van der Waals surface area contributed by atoms with Gasteiger partial charge in [0.05, 0.1) is 16.3 Å². The zero-order valence-corrected chi connectivity index (χ0v) is 19.8. The number of carbonyl (C=O) groups is 1. The number of aromatic nitrogens is 3. The Bertz CT molecular complexity index is 1230. The van der Waals surface area contributed by atoms with E-state index in [0.29, 0.717) is 26.2 Å². The first-order chi connectivity index (χ1) is 14.3. The Balaban J connectivity index is 1.76. The number of rotatable bonds is 4. The smallest absolute Gasteiger partial charge is 0.274 e. The highest BCUT2D eigenvalue weighted by molar-refractivity contribution is 9.10. The SMILES string of the molecule is Cc1cc(Cl)cc(C2=NN=C[SH]2C)c1NC(=O)c1cc(Br)nn1-c1ncccc1Cl. The molecule has 2 aromatic heterocycles. The predicted molar refractivity (Wildman–Crippen MR) is 128 cm³/mol. The molecule has 0 radical (unpaired) electrons. The van der Waals surface area contributed by atoms with Crippen molar-refractivity contribution in [3.63, 3.8) is 0 Å². The lowest BCUT2D eigenvalue weighted by Crippen LogP contribution is -2.20. The zero-order valence-electron chi connectivity index (χ0n) is 15.8. The summed E-state index contributed by atoms with van der Waals surface area (Å²) in [6.07, 6.45) is 3.63. The molecule has 1 unspecified atom stereocenters. The van der Waals surface area contributed by atoms with E-state index in [0.717, 1.165) is 16.2 Å². The molecule has 3 heterocycles. The van der Waals surface area contributed by atoms with Crippen LogP contribution in [-0.2, 0) is 0 Å². The lowest BCUT2D eigenvalue weighted by molar-refractivity contribution is 0.101. The van der Waals surface area contributed by atoms with Gasteiger partial charge in [0.1, 0.15) is 15.3 Å². The Kier molecular flexibility index (Phi) is 5.97. The average Bonchev–Trinajstić information content (AvgIpc) is 3.29. The van der Waals surface area contributed by atoms with Crippen LogP contribution >= 0.6 is 50.0 Å². The van der Waals surface area contributed by atoms with E-state index in [1.54, 1.807) is 36.5 Å². The summed E-state index contributed by atoms with van der Waals surface area (Å²) in [4.78, 5) is 17.5. The first kappa shape index (κ1) is 21.0. The van der Waals surface area contributed by atoms with Crippen molar-refractivity contribution in [2.24, 2.45) is 10.2 Å². The number of benzene rings is 1. The molecule has 0 saturated heterocycles. The number of anilines is 1. The monoisotopic (exact) mass is 524 g/mol. The van der Waals surface area contributed by atoms with Crippen LogP contribution in [0.5, 0.6) is 0 Å². The van der Waals surface area contributed by atoms with Gasteiger partial charge >= 0.3 is 0 Å². The van der Waals surface area contributed by atoms with Gasteiger partial charge in [-0.3, -0.25) is 4.79 Å². The lowest BCUT2D eigenvalue weighted by Gasteiger charge is -2.17. The summed E-state index contributed by atoms with van der Waals surface area (Å²) in [5.74, 6) is -0.0183. The summed E-state index contributed by atoms with van der Waals surface area (Å²) in [6, 6.07) is 8.58. The maximum absolute atomic E-state index is 13.3. The highest BCUT2D eigenvalue weighted by Crippen LogP contribution is 2.36. The molecule has 0 saturated carbocycles. The van der Waals surface area contributed by atoms with E-state index in [1.807, 2.05) is 18.7 Å². The van der Waals surface area contributed by atoms with Crippen molar-refractivity contribution in [2.45, 2.75) is 6.92 Å². The number of aryl methyl sites for hydroxylation is 1. The largest absolute Gasteiger partial charge is 0.320 e. The van der Waals surface area contributed by atoms with E-state index in [2.05, 4.69) is 41.5 Å². The highest BCUT2D eigenvalue weighted by Gasteiger charge is 2.23. The molecule has 4 rings (SSSR count). The van der Waals surface area contributed by atoms with Gasteiger partial charge < -0.3 is 5.32 Å². The molecule has 1 aliphatic rings. The van der Waals surface area contributed by atoms with Crippen LogP contribution in [0.1, 0.15) is 21.6 Å². The van der Waals surface area contributed by atoms with Crippen molar-refractivity contribution in [1.29, 1.82) is 0 Å². The van der Waals surface area contributed by atoms with Crippen molar-refractivity contribution in [1.82, 2.24) is 14.8 Å². The van der Waals surface area contributed by atoms with Crippen LogP contribution in [0.25, 0.3) is 5.82 Å². The van der Waals surface area contributed by atoms with Crippen LogP contribution in [0.3, 0.4) is 0 Å². The number of hydrogen-bond donors (Lipinski definition) is 2. The van der Waals surface area contributed by atoms with Crippen molar-refractivity contribution in [3.05, 3.63) is 68.0 Å². The molecule has 1 aromatic carbocycles. The summed E-state index contributed by atoms with van der Waals surface area (Å²) in [5, 5.41) is 17.3. The van der Waals surface area contributed by atoms with Crippen LogP contribution in [0, 0.1) is 6.92 Å². The number of nitrogens with zero attached hydrogens (tertiary/aromatic N) is 5. The first-order valence-electron chi connectivity index (χ1n) is 8.67. The summed E-state index contributed by atoms with van der Waals surface area (Å²) >= 11 is 15.9. The van der Waals surface area contributed by atoms with Gasteiger partial charge in [-0.05, 0) is 58.9 Å². The molecule has 0 bridgehead atoms. The number of hydrogen-bond acceptors (Lipinski definition) is 5. The topological polar surface area (TPSA) is 84.5 Å². The van der Waals surface area contributed by atoms with Gasteiger partial charge in [0.25, 0.3) is 5.91 Å². The normalized spacial score (nSPS) is 16.6. The summed E-state index contributed by atoms with van der Waals surface area (Å²) in [7, 11) is -0.672. The molecule has 0 aliphatic carbocycles. The van der Waals surface area contributed by atoms with Gasteiger partial charge in [-0.1, -0.05) is 23.2 Å². The van der Waals surface area contributed by atoms with E-state index in [4.69, 9.17) is 23.2 Å². The third-order valence-electron chi connectivity index (χ3n) is 4.34. The van der Waals surface area contributed by atoms with Gasteiger partial charge in [-0.25, -0.2) is 9.67 Å². The standard InChI is InChI=1S/C19H15BrCl2N6OS/c1-10-6-11(21)7-12(19-26-24-9-30(19)2)16(10)25-18(29)14-8-15(20)27-28(14)17-13(22)4-3-5-23-17/h3-9,30H,1-2H3,(H,25,29). The van der Waals surface area contributed by atoms with Gasteiger partial charge in [-0.2, -0.15) is 21.1 Å². The lowest BCUT2D eigenvalue weighted by atomic mass is 10.1. The summed E-state index contributed by atoms with van der Waals surface area (Å²) < 4.78 is 1.88. The van der Waals surface area contributed by atoms with Gasteiger partial charge in [0.2, 0.25) is 0 Å². The van der Waals surface area contributed by atoms with E-state index in [1.165, 1.54) is 4.68 Å².